The molecule has 8 heteroatoms. The van der Waals surface area contributed by atoms with Gasteiger partial charge in [-0.2, -0.15) is 13.2 Å². The normalized spacial score (nSPS) is 12.7. The smallest absolute Gasteiger partial charge is 0.416 e. The van der Waals surface area contributed by atoms with E-state index in [2.05, 4.69) is 26.6 Å². The van der Waals surface area contributed by atoms with Crippen LogP contribution in [-0.4, -0.2) is 23.8 Å². The molecule has 25 heavy (non-hydrogen) atoms. The molecule has 0 aliphatic carbocycles. The first kappa shape index (κ1) is 21.6. The zero-order chi connectivity index (χ0) is 19.5. The van der Waals surface area contributed by atoms with E-state index in [0.717, 1.165) is 12.1 Å². The Kier molecular flexibility index (Phi) is 6.78. The number of benzene rings is 1. The minimum absolute atomic E-state index is 0.343. The van der Waals surface area contributed by atoms with Crippen molar-refractivity contribution in [3.8, 4) is 0 Å². The maximum absolute atomic E-state index is 12.8. The van der Waals surface area contributed by atoms with Crippen LogP contribution in [0.1, 0.15) is 46.6 Å². The SMILES string of the molecule is CC(C)(CCNc1cc(Br)cc(C(F)(F)F)c1)NC(=O)OC(C)(C)C. The lowest BCUT2D eigenvalue weighted by atomic mass is 10.0. The van der Waals surface area contributed by atoms with Gasteiger partial charge in [-0.3, -0.25) is 0 Å². The molecule has 1 amide bonds. The fourth-order valence-electron chi connectivity index (χ4n) is 2.02. The van der Waals surface area contributed by atoms with Crippen molar-refractivity contribution in [2.45, 2.75) is 58.4 Å². The molecule has 0 aliphatic rings. The van der Waals surface area contributed by atoms with Crippen molar-refractivity contribution in [3.63, 3.8) is 0 Å². The van der Waals surface area contributed by atoms with E-state index in [1.54, 1.807) is 26.8 Å². The van der Waals surface area contributed by atoms with Crippen molar-refractivity contribution in [1.29, 1.82) is 0 Å². The summed E-state index contributed by atoms with van der Waals surface area (Å²) in [4.78, 5) is 11.8. The van der Waals surface area contributed by atoms with E-state index in [4.69, 9.17) is 4.74 Å². The molecule has 0 unspecified atom stereocenters. The van der Waals surface area contributed by atoms with Crippen LogP contribution in [0.5, 0.6) is 0 Å². The average Bonchev–Trinajstić information content (AvgIpc) is 2.33. The number of hydrogen-bond acceptors (Lipinski definition) is 3. The van der Waals surface area contributed by atoms with Crippen LogP contribution in [0.15, 0.2) is 22.7 Å². The molecule has 0 fully saturated rings. The summed E-state index contributed by atoms with van der Waals surface area (Å²) < 4.78 is 44.0. The van der Waals surface area contributed by atoms with Gasteiger partial charge < -0.3 is 15.4 Å². The standard InChI is InChI=1S/C17H24BrF3N2O2/c1-15(2,3)25-14(24)23-16(4,5)6-7-22-13-9-11(17(19,20)21)8-12(18)10-13/h8-10,22H,6-7H2,1-5H3,(H,23,24). The van der Waals surface area contributed by atoms with Crippen molar-refractivity contribution in [2.75, 3.05) is 11.9 Å². The first-order valence-corrected chi connectivity index (χ1v) is 8.60. The lowest BCUT2D eigenvalue weighted by Crippen LogP contribution is -2.46. The highest BCUT2D eigenvalue weighted by Gasteiger charge is 2.31. The summed E-state index contributed by atoms with van der Waals surface area (Å²) in [5.41, 5.74) is -1.54. The van der Waals surface area contributed by atoms with E-state index in [-0.39, 0.29) is 0 Å². The molecule has 0 radical (unpaired) electrons. The van der Waals surface area contributed by atoms with Gasteiger partial charge in [-0.1, -0.05) is 15.9 Å². The number of anilines is 1. The fraction of sp³-hybridized carbons (Fsp3) is 0.588. The van der Waals surface area contributed by atoms with Crippen molar-refractivity contribution in [1.82, 2.24) is 5.32 Å². The summed E-state index contributed by atoms with van der Waals surface area (Å²) in [6.07, 6.45) is -4.43. The summed E-state index contributed by atoms with van der Waals surface area (Å²) in [7, 11) is 0. The molecule has 0 aromatic heterocycles. The second-order valence-corrected chi connectivity index (χ2v) is 8.33. The molecule has 0 spiro atoms. The van der Waals surface area contributed by atoms with Gasteiger partial charge in [0.05, 0.1) is 5.56 Å². The largest absolute Gasteiger partial charge is 0.444 e. The van der Waals surface area contributed by atoms with Gasteiger partial charge in [-0.05, 0) is 59.2 Å². The van der Waals surface area contributed by atoms with Crippen LogP contribution in [0.4, 0.5) is 23.7 Å². The van der Waals surface area contributed by atoms with Crippen LogP contribution in [-0.2, 0) is 10.9 Å². The van der Waals surface area contributed by atoms with Crippen LogP contribution in [0, 0.1) is 0 Å². The zero-order valence-corrected chi connectivity index (χ0v) is 16.6. The number of alkyl carbamates (subject to hydrolysis) is 1. The summed E-state index contributed by atoms with van der Waals surface area (Å²) in [5.74, 6) is 0. The highest BCUT2D eigenvalue weighted by molar-refractivity contribution is 9.10. The molecule has 1 aromatic rings. The lowest BCUT2D eigenvalue weighted by Gasteiger charge is -2.29. The van der Waals surface area contributed by atoms with Crippen molar-refractivity contribution in [3.05, 3.63) is 28.2 Å². The molecule has 0 saturated carbocycles. The van der Waals surface area contributed by atoms with Crippen LogP contribution in [0.2, 0.25) is 0 Å². The molecule has 0 saturated heterocycles. The van der Waals surface area contributed by atoms with Gasteiger partial charge in [0, 0.05) is 22.2 Å². The number of ether oxygens (including phenoxy) is 1. The third-order valence-electron chi connectivity index (χ3n) is 3.14. The predicted octanol–water partition coefficient (Wildman–Crippen LogP) is 5.57. The van der Waals surface area contributed by atoms with E-state index in [9.17, 15) is 18.0 Å². The third-order valence-corrected chi connectivity index (χ3v) is 3.60. The van der Waals surface area contributed by atoms with Gasteiger partial charge in [0.15, 0.2) is 0 Å². The van der Waals surface area contributed by atoms with Crippen molar-refractivity contribution < 1.29 is 22.7 Å². The van der Waals surface area contributed by atoms with Gasteiger partial charge in [-0.15, -0.1) is 0 Å². The molecule has 1 aromatic carbocycles. The van der Waals surface area contributed by atoms with E-state index >= 15 is 0 Å². The van der Waals surface area contributed by atoms with Gasteiger partial charge in [0.2, 0.25) is 0 Å². The Morgan fingerprint density at radius 3 is 2.24 bits per heavy atom. The molecule has 1 rings (SSSR count). The summed E-state index contributed by atoms with van der Waals surface area (Å²) in [6, 6.07) is 3.65. The van der Waals surface area contributed by atoms with Gasteiger partial charge in [0.25, 0.3) is 0 Å². The Morgan fingerprint density at radius 1 is 1.12 bits per heavy atom. The molecule has 0 aliphatic heterocycles. The molecule has 0 heterocycles. The Morgan fingerprint density at radius 2 is 1.72 bits per heavy atom. The molecule has 0 atom stereocenters. The minimum atomic E-state index is -4.41. The highest BCUT2D eigenvalue weighted by Crippen LogP contribution is 2.33. The molecule has 142 valence electrons. The van der Waals surface area contributed by atoms with Gasteiger partial charge >= 0.3 is 12.3 Å². The first-order chi connectivity index (χ1) is 11.2. The molecular formula is C17H24BrF3N2O2. The lowest BCUT2D eigenvalue weighted by molar-refractivity contribution is -0.137. The second kappa shape index (κ2) is 7.85. The van der Waals surface area contributed by atoms with E-state index in [0.29, 0.717) is 23.1 Å². The maximum Gasteiger partial charge on any atom is 0.416 e. The quantitative estimate of drug-likeness (QED) is 0.648. The Balaban J connectivity index is 2.61. The number of nitrogens with one attached hydrogen (secondary N) is 2. The van der Waals surface area contributed by atoms with E-state index < -0.39 is 29.0 Å². The monoisotopic (exact) mass is 424 g/mol. The highest BCUT2D eigenvalue weighted by atomic mass is 79.9. The third kappa shape index (κ3) is 8.47. The summed E-state index contributed by atoms with van der Waals surface area (Å²) in [5, 5.41) is 5.71. The predicted molar refractivity (Wildman–Crippen MR) is 95.7 cm³/mol. The van der Waals surface area contributed by atoms with Crippen LogP contribution >= 0.6 is 15.9 Å². The molecule has 2 N–H and O–H groups in total. The molecule has 4 nitrogen and oxygen atoms in total. The molecule has 0 bridgehead atoms. The van der Waals surface area contributed by atoms with Gasteiger partial charge in [0.1, 0.15) is 5.60 Å². The van der Waals surface area contributed by atoms with Gasteiger partial charge in [-0.25, -0.2) is 4.79 Å². The van der Waals surface area contributed by atoms with Crippen molar-refractivity contribution >= 4 is 27.7 Å². The Labute approximate surface area is 154 Å². The number of rotatable bonds is 5. The number of amides is 1. The van der Waals surface area contributed by atoms with Crippen LogP contribution in [0.3, 0.4) is 0 Å². The number of carbonyl (C=O) groups is 1. The summed E-state index contributed by atoms with van der Waals surface area (Å²) in [6.45, 7) is 9.34. The number of carbonyl (C=O) groups excluding carboxylic acids is 1. The first-order valence-electron chi connectivity index (χ1n) is 7.81. The topological polar surface area (TPSA) is 50.4 Å². The Hall–Kier alpha value is -1.44. The molecular weight excluding hydrogens is 401 g/mol. The van der Waals surface area contributed by atoms with Crippen LogP contribution < -0.4 is 10.6 Å². The minimum Gasteiger partial charge on any atom is -0.444 e. The Bertz CT molecular complexity index is 611. The van der Waals surface area contributed by atoms with E-state index in [1.807, 2.05) is 13.8 Å². The number of halogens is 4. The maximum atomic E-state index is 12.8. The average molecular weight is 425 g/mol. The summed E-state index contributed by atoms with van der Waals surface area (Å²) >= 11 is 3.08. The fourth-order valence-corrected chi connectivity index (χ4v) is 2.51. The van der Waals surface area contributed by atoms with E-state index in [1.165, 1.54) is 0 Å². The second-order valence-electron chi connectivity index (χ2n) is 7.41. The van der Waals surface area contributed by atoms with Crippen LogP contribution in [0.25, 0.3) is 0 Å². The zero-order valence-electron chi connectivity index (χ0n) is 15.0. The van der Waals surface area contributed by atoms with Crippen molar-refractivity contribution in [2.24, 2.45) is 0 Å². The number of alkyl halides is 3. The number of hydrogen-bond donors (Lipinski definition) is 2.